The van der Waals surface area contributed by atoms with Gasteiger partial charge in [0.15, 0.2) is 0 Å². The molecule has 3 rings (SSSR count). The van der Waals surface area contributed by atoms with Gasteiger partial charge >= 0.3 is 0 Å². The van der Waals surface area contributed by atoms with Crippen LogP contribution in [0, 0.1) is 11.8 Å². The van der Waals surface area contributed by atoms with Gasteiger partial charge in [-0.1, -0.05) is 18.8 Å². The van der Waals surface area contributed by atoms with Gasteiger partial charge in [0.2, 0.25) is 0 Å². The smallest absolute Gasteiger partial charge is 0.148 e. The first-order valence-electron chi connectivity index (χ1n) is 7.60. The van der Waals surface area contributed by atoms with Crippen molar-refractivity contribution < 1.29 is 0 Å². The van der Waals surface area contributed by atoms with E-state index in [2.05, 4.69) is 38.6 Å². The molecule has 0 aromatic carbocycles. The lowest BCUT2D eigenvalue weighted by Gasteiger charge is -2.18. The Morgan fingerprint density at radius 2 is 1.95 bits per heavy atom. The lowest BCUT2D eigenvalue weighted by molar-refractivity contribution is 0.900. The zero-order chi connectivity index (χ0) is 15.4. The van der Waals surface area contributed by atoms with Crippen LogP contribution in [0.1, 0.15) is 36.6 Å². The van der Waals surface area contributed by atoms with Gasteiger partial charge in [0.25, 0.3) is 0 Å². The van der Waals surface area contributed by atoms with Crippen molar-refractivity contribution in [3.05, 3.63) is 41.5 Å². The third-order valence-electron chi connectivity index (χ3n) is 3.76. The largest absolute Gasteiger partial charge is 0.384 e. The van der Waals surface area contributed by atoms with Crippen molar-refractivity contribution in [1.29, 1.82) is 0 Å². The van der Waals surface area contributed by atoms with Gasteiger partial charge in [-0.25, -0.2) is 15.0 Å². The van der Waals surface area contributed by atoms with E-state index < -0.39 is 0 Å². The van der Waals surface area contributed by atoms with E-state index in [4.69, 9.17) is 5.73 Å². The molecule has 1 aliphatic rings. The summed E-state index contributed by atoms with van der Waals surface area (Å²) < 4.78 is 0. The zero-order valence-corrected chi connectivity index (χ0v) is 12.7. The molecule has 1 saturated heterocycles. The average molecular weight is 293 g/mol. The number of nitrogens with two attached hydrogens (primary N) is 1. The number of rotatable bonds is 2. The molecule has 112 valence electrons. The Hall–Kier alpha value is -2.61. The minimum absolute atomic E-state index is 0.501. The second kappa shape index (κ2) is 6.44. The molecule has 0 bridgehead atoms. The highest BCUT2D eigenvalue weighted by atomic mass is 15.2. The molecule has 0 radical (unpaired) electrons. The van der Waals surface area contributed by atoms with Crippen molar-refractivity contribution >= 4 is 11.6 Å². The van der Waals surface area contributed by atoms with Crippen molar-refractivity contribution in [2.75, 3.05) is 23.7 Å². The summed E-state index contributed by atoms with van der Waals surface area (Å²) in [6.45, 7) is 4.17. The summed E-state index contributed by atoms with van der Waals surface area (Å²) in [7, 11) is 0. The van der Waals surface area contributed by atoms with Crippen LogP contribution in [-0.2, 0) is 6.42 Å². The first-order valence-corrected chi connectivity index (χ1v) is 7.60. The van der Waals surface area contributed by atoms with E-state index in [1.165, 1.54) is 12.8 Å². The fourth-order valence-electron chi connectivity index (χ4n) is 2.59. The molecule has 1 aliphatic heterocycles. The summed E-state index contributed by atoms with van der Waals surface area (Å²) in [5, 5.41) is 0. The first-order chi connectivity index (χ1) is 10.8. The second-order valence-corrected chi connectivity index (χ2v) is 5.29. The normalized spacial score (nSPS) is 13.8. The van der Waals surface area contributed by atoms with Gasteiger partial charge in [-0.3, -0.25) is 0 Å². The number of pyridine rings is 1. The first kappa shape index (κ1) is 14.3. The van der Waals surface area contributed by atoms with Crippen molar-refractivity contribution in [3.8, 4) is 11.8 Å². The van der Waals surface area contributed by atoms with Crippen molar-refractivity contribution in [2.24, 2.45) is 0 Å². The molecule has 0 saturated carbocycles. The van der Waals surface area contributed by atoms with E-state index in [1.807, 2.05) is 6.07 Å². The highest BCUT2D eigenvalue weighted by molar-refractivity contribution is 5.59. The molecule has 5 heteroatoms. The maximum absolute atomic E-state index is 5.60. The van der Waals surface area contributed by atoms with Gasteiger partial charge in [-0.05, 0) is 31.4 Å². The van der Waals surface area contributed by atoms with Crippen LogP contribution < -0.4 is 10.6 Å². The number of nitrogens with zero attached hydrogens (tertiary/aromatic N) is 4. The van der Waals surface area contributed by atoms with E-state index in [1.54, 1.807) is 18.6 Å². The molecule has 5 nitrogen and oxygen atoms in total. The molecule has 0 unspecified atom stereocenters. The Morgan fingerprint density at radius 1 is 1.14 bits per heavy atom. The highest BCUT2D eigenvalue weighted by Crippen LogP contribution is 2.23. The third-order valence-corrected chi connectivity index (χ3v) is 3.76. The summed E-state index contributed by atoms with van der Waals surface area (Å²) in [5.41, 5.74) is 8.37. The van der Waals surface area contributed by atoms with Crippen LogP contribution in [0.3, 0.4) is 0 Å². The average Bonchev–Trinajstić information content (AvgIpc) is 3.08. The van der Waals surface area contributed by atoms with Crippen LogP contribution in [-0.4, -0.2) is 28.0 Å². The van der Waals surface area contributed by atoms with E-state index in [-0.39, 0.29) is 0 Å². The summed E-state index contributed by atoms with van der Waals surface area (Å²) >= 11 is 0. The maximum Gasteiger partial charge on any atom is 0.148 e. The molecule has 3 heterocycles. The number of hydrogen-bond acceptors (Lipinski definition) is 5. The molecule has 0 atom stereocenters. The molecule has 2 aromatic rings. The van der Waals surface area contributed by atoms with Crippen molar-refractivity contribution in [2.45, 2.75) is 26.2 Å². The summed E-state index contributed by atoms with van der Waals surface area (Å²) in [6.07, 6.45) is 6.59. The van der Waals surface area contributed by atoms with Gasteiger partial charge in [0, 0.05) is 24.8 Å². The zero-order valence-electron chi connectivity index (χ0n) is 12.7. The van der Waals surface area contributed by atoms with Crippen molar-refractivity contribution in [1.82, 2.24) is 15.0 Å². The number of nitrogen functional groups attached to an aromatic ring is 1. The lowest BCUT2D eigenvalue weighted by Crippen LogP contribution is -2.21. The van der Waals surface area contributed by atoms with Gasteiger partial charge in [-0.15, -0.1) is 0 Å². The number of aryl methyl sites for hydroxylation is 1. The minimum atomic E-state index is 0.501. The van der Waals surface area contributed by atoms with Gasteiger partial charge < -0.3 is 10.6 Å². The Kier molecular flexibility index (Phi) is 4.19. The summed E-state index contributed by atoms with van der Waals surface area (Å²) in [5.74, 6) is 7.86. The summed E-state index contributed by atoms with van der Waals surface area (Å²) in [4.78, 5) is 15.2. The molecule has 0 amide bonds. The quantitative estimate of drug-likeness (QED) is 0.858. The topological polar surface area (TPSA) is 67.9 Å². The molecular formula is C17H19N5. The van der Waals surface area contributed by atoms with Gasteiger partial charge in [0.05, 0.1) is 11.3 Å². The minimum Gasteiger partial charge on any atom is -0.384 e. The number of anilines is 2. The Balaban J connectivity index is 1.99. The maximum atomic E-state index is 5.60. The van der Waals surface area contributed by atoms with E-state index >= 15 is 0 Å². The van der Waals surface area contributed by atoms with Crippen molar-refractivity contribution in [3.63, 3.8) is 0 Å². The number of aromatic nitrogens is 3. The van der Waals surface area contributed by atoms with E-state index in [0.29, 0.717) is 5.82 Å². The Bertz CT molecular complexity index is 706. The molecular weight excluding hydrogens is 274 g/mol. The lowest BCUT2D eigenvalue weighted by atomic mass is 10.1. The van der Waals surface area contributed by atoms with Crippen LogP contribution in [0.15, 0.2) is 24.7 Å². The molecule has 2 aromatic heterocycles. The fraction of sp³-hybridized carbons (Fsp3) is 0.353. The van der Waals surface area contributed by atoms with Crippen LogP contribution in [0.4, 0.5) is 11.6 Å². The molecule has 0 aliphatic carbocycles. The van der Waals surface area contributed by atoms with E-state index in [0.717, 1.165) is 42.1 Å². The highest BCUT2D eigenvalue weighted by Gasteiger charge is 2.18. The predicted molar refractivity (Wildman–Crippen MR) is 87.5 cm³/mol. The molecule has 1 fully saturated rings. The Labute approximate surface area is 130 Å². The molecule has 22 heavy (non-hydrogen) atoms. The third kappa shape index (κ3) is 3.01. The number of hydrogen-bond donors (Lipinski definition) is 1. The second-order valence-electron chi connectivity index (χ2n) is 5.29. The van der Waals surface area contributed by atoms with Crippen LogP contribution >= 0.6 is 0 Å². The van der Waals surface area contributed by atoms with Crippen LogP contribution in [0.5, 0.6) is 0 Å². The molecule has 2 N–H and O–H groups in total. The monoisotopic (exact) mass is 293 g/mol. The van der Waals surface area contributed by atoms with Crippen LogP contribution in [0.2, 0.25) is 0 Å². The molecule has 0 spiro atoms. The Morgan fingerprint density at radius 3 is 2.64 bits per heavy atom. The standard InChI is InChI=1S/C17H19N5/c1-2-15-14(7-5-13-6-8-16(18)19-11-13)17(21-12-20-15)22-9-3-4-10-22/h6,8,11-12H,2-4,9-10H2,1H3,(H2,18,19). The van der Waals surface area contributed by atoms with Gasteiger partial charge in [0.1, 0.15) is 18.0 Å². The van der Waals surface area contributed by atoms with Crippen LogP contribution in [0.25, 0.3) is 0 Å². The predicted octanol–water partition coefficient (Wildman–Crippen LogP) is 2.02. The van der Waals surface area contributed by atoms with Gasteiger partial charge in [-0.2, -0.15) is 0 Å². The van der Waals surface area contributed by atoms with E-state index in [9.17, 15) is 0 Å². The SMILES string of the molecule is CCc1ncnc(N2CCCC2)c1C#Cc1ccc(N)nc1. The fourth-order valence-corrected chi connectivity index (χ4v) is 2.59. The summed E-state index contributed by atoms with van der Waals surface area (Å²) in [6, 6.07) is 3.63.